The van der Waals surface area contributed by atoms with Crippen molar-refractivity contribution in [3.8, 4) is 0 Å². The van der Waals surface area contributed by atoms with Crippen LogP contribution < -0.4 is 5.32 Å². The number of carbonyl (C=O) groups excluding carboxylic acids is 1. The van der Waals surface area contributed by atoms with Crippen molar-refractivity contribution in [3.63, 3.8) is 0 Å². The van der Waals surface area contributed by atoms with Gasteiger partial charge in [-0.1, -0.05) is 77.1 Å². The van der Waals surface area contributed by atoms with Gasteiger partial charge in [-0.2, -0.15) is 0 Å². The van der Waals surface area contributed by atoms with Crippen molar-refractivity contribution >= 4 is 34.1 Å². The Balaban J connectivity index is 1.67. The Labute approximate surface area is 202 Å². The molecule has 4 rings (SSSR count). The normalized spacial score (nSPS) is 16.2. The van der Waals surface area contributed by atoms with Gasteiger partial charge < -0.3 is 5.32 Å². The molecule has 1 aliphatic carbocycles. The Kier molecular flexibility index (Phi) is 6.85. The summed E-state index contributed by atoms with van der Waals surface area (Å²) < 4.78 is 0. The van der Waals surface area contributed by atoms with Gasteiger partial charge in [0.2, 0.25) is 0 Å². The van der Waals surface area contributed by atoms with Crippen molar-refractivity contribution in [2.24, 2.45) is 16.3 Å². The largest absolute Gasteiger partial charge is 0.322 e. The average Bonchev–Trinajstić information content (AvgIpc) is 3.16. The molecule has 1 aliphatic rings. The number of hydrogen-bond acceptors (Lipinski definition) is 3. The van der Waals surface area contributed by atoms with Crippen molar-refractivity contribution in [2.75, 3.05) is 5.32 Å². The van der Waals surface area contributed by atoms with Crippen LogP contribution in [0.3, 0.4) is 0 Å². The smallest absolute Gasteiger partial charge is 0.259 e. The molecule has 1 heterocycles. The molecule has 0 fully saturated rings. The molecule has 0 spiro atoms. The second-order valence-electron chi connectivity index (χ2n) is 10.4. The predicted molar refractivity (Wildman–Crippen MR) is 141 cm³/mol. The van der Waals surface area contributed by atoms with Gasteiger partial charge >= 0.3 is 0 Å². The van der Waals surface area contributed by atoms with Crippen LogP contribution in [0.15, 0.2) is 59.6 Å². The summed E-state index contributed by atoms with van der Waals surface area (Å²) in [6, 6.07) is 18.2. The fourth-order valence-electron chi connectivity index (χ4n) is 4.45. The molecule has 172 valence electrons. The molecular formula is C29H34N2OS. The SMILES string of the molecule is CC(C)c1ccc(C=Nc2sc3c(c2C(=O)Nc2ccccc2)CC[C@H](C(C)(C)C)C3)cc1. The summed E-state index contributed by atoms with van der Waals surface area (Å²) >= 11 is 1.69. The van der Waals surface area contributed by atoms with E-state index >= 15 is 0 Å². The topological polar surface area (TPSA) is 41.5 Å². The van der Waals surface area contributed by atoms with E-state index in [0.717, 1.165) is 41.1 Å². The molecule has 4 heteroatoms. The molecule has 0 saturated carbocycles. The highest BCUT2D eigenvalue weighted by atomic mass is 32.1. The zero-order valence-corrected chi connectivity index (χ0v) is 21.1. The minimum atomic E-state index is -0.0600. The van der Waals surface area contributed by atoms with Crippen molar-refractivity contribution in [1.29, 1.82) is 0 Å². The molecule has 0 unspecified atom stereocenters. The zero-order valence-electron chi connectivity index (χ0n) is 20.3. The first-order valence-electron chi connectivity index (χ1n) is 11.9. The number of rotatable bonds is 5. The Morgan fingerprint density at radius 3 is 2.42 bits per heavy atom. The van der Waals surface area contributed by atoms with E-state index in [0.29, 0.717) is 11.8 Å². The number of hydrogen-bond donors (Lipinski definition) is 1. The Morgan fingerprint density at radius 1 is 1.09 bits per heavy atom. The molecule has 1 amide bonds. The highest BCUT2D eigenvalue weighted by Gasteiger charge is 2.33. The number of benzene rings is 2. The van der Waals surface area contributed by atoms with Crippen molar-refractivity contribution in [3.05, 3.63) is 81.7 Å². The highest BCUT2D eigenvalue weighted by molar-refractivity contribution is 7.16. The number of nitrogens with zero attached hydrogens (tertiary/aromatic N) is 1. The third kappa shape index (κ3) is 5.44. The number of para-hydroxylation sites is 1. The van der Waals surface area contributed by atoms with Crippen LogP contribution in [-0.4, -0.2) is 12.1 Å². The number of thiophene rings is 1. The number of carbonyl (C=O) groups is 1. The van der Waals surface area contributed by atoms with Crippen LogP contribution in [0.25, 0.3) is 0 Å². The second-order valence-corrected chi connectivity index (χ2v) is 11.5. The van der Waals surface area contributed by atoms with Crippen molar-refractivity contribution in [2.45, 2.75) is 59.8 Å². The number of nitrogens with one attached hydrogen (secondary N) is 1. The van der Waals surface area contributed by atoms with Crippen LogP contribution in [-0.2, 0) is 12.8 Å². The summed E-state index contributed by atoms with van der Waals surface area (Å²) in [4.78, 5) is 19.6. The van der Waals surface area contributed by atoms with E-state index in [2.05, 4.69) is 64.2 Å². The van der Waals surface area contributed by atoms with E-state index < -0.39 is 0 Å². The number of aliphatic imine (C=N–C) groups is 1. The highest BCUT2D eigenvalue weighted by Crippen LogP contribution is 2.45. The minimum Gasteiger partial charge on any atom is -0.322 e. The first-order chi connectivity index (χ1) is 15.7. The van der Waals surface area contributed by atoms with E-state index in [9.17, 15) is 4.79 Å². The zero-order chi connectivity index (χ0) is 23.6. The monoisotopic (exact) mass is 458 g/mol. The van der Waals surface area contributed by atoms with Crippen molar-refractivity contribution < 1.29 is 4.79 Å². The van der Waals surface area contributed by atoms with Gasteiger partial charge in [-0.15, -0.1) is 11.3 Å². The van der Waals surface area contributed by atoms with Crippen LogP contribution in [0.2, 0.25) is 0 Å². The lowest BCUT2D eigenvalue weighted by Crippen LogP contribution is -2.27. The molecule has 3 aromatic rings. The maximum Gasteiger partial charge on any atom is 0.259 e. The third-order valence-corrected chi connectivity index (χ3v) is 7.83. The molecular weight excluding hydrogens is 424 g/mol. The van der Waals surface area contributed by atoms with E-state index in [1.54, 1.807) is 11.3 Å². The molecule has 1 N–H and O–H groups in total. The lowest BCUT2D eigenvalue weighted by Gasteiger charge is -2.33. The number of anilines is 1. The molecule has 0 aliphatic heterocycles. The Hall–Kier alpha value is -2.72. The summed E-state index contributed by atoms with van der Waals surface area (Å²) in [6.45, 7) is 11.3. The van der Waals surface area contributed by atoms with E-state index in [-0.39, 0.29) is 11.3 Å². The van der Waals surface area contributed by atoms with Gasteiger partial charge in [-0.05, 0) is 65.3 Å². The Morgan fingerprint density at radius 2 is 1.79 bits per heavy atom. The lowest BCUT2D eigenvalue weighted by molar-refractivity contribution is 0.102. The maximum absolute atomic E-state index is 13.4. The van der Waals surface area contributed by atoms with E-state index in [1.807, 2.05) is 36.5 Å². The average molecular weight is 459 g/mol. The fraction of sp³-hybridized carbons (Fsp3) is 0.379. The summed E-state index contributed by atoms with van der Waals surface area (Å²) in [5.41, 5.74) is 5.38. The van der Waals surface area contributed by atoms with Crippen LogP contribution in [0.4, 0.5) is 10.7 Å². The quantitative estimate of drug-likeness (QED) is 0.386. The summed E-state index contributed by atoms with van der Waals surface area (Å²) in [6.07, 6.45) is 4.96. The van der Waals surface area contributed by atoms with E-state index in [4.69, 9.17) is 4.99 Å². The molecule has 33 heavy (non-hydrogen) atoms. The minimum absolute atomic E-state index is 0.0600. The molecule has 1 atom stereocenters. The summed E-state index contributed by atoms with van der Waals surface area (Å²) in [5, 5.41) is 3.90. The molecule has 1 aromatic heterocycles. The van der Waals surface area contributed by atoms with Gasteiger partial charge in [0.1, 0.15) is 5.00 Å². The van der Waals surface area contributed by atoms with Crippen LogP contribution >= 0.6 is 11.3 Å². The molecule has 0 radical (unpaired) electrons. The molecule has 3 nitrogen and oxygen atoms in total. The van der Waals surface area contributed by atoms with Gasteiger partial charge in [0, 0.05) is 16.8 Å². The fourth-order valence-corrected chi connectivity index (χ4v) is 5.72. The van der Waals surface area contributed by atoms with Gasteiger partial charge in [0.05, 0.1) is 5.56 Å². The first kappa shape index (κ1) is 23.4. The molecule has 0 bridgehead atoms. The third-order valence-electron chi connectivity index (χ3n) is 6.66. The second kappa shape index (κ2) is 9.64. The molecule has 0 saturated heterocycles. The van der Waals surface area contributed by atoms with Crippen LogP contribution in [0.5, 0.6) is 0 Å². The van der Waals surface area contributed by atoms with E-state index in [1.165, 1.54) is 16.0 Å². The molecule has 2 aromatic carbocycles. The number of fused-ring (bicyclic) bond motifs is 1. The summed E-state index contributed by atoms with van der Waals surface area (Å²) in [7, 11) is 0. The van der Waals surface area contributed by atoms with Crippen LogP contribution in [0.1, 0.15) is 78.9 Å². The first-order valence-corrected chi connectivity index (χ1v) is 12.7. The van der Waals surface area contributed by atoms with Crippen LogP contribution in [0, 0.1) is 11.3 Å². The summed E-state index contributed by atoms with van der Waals surface area (Å²) in [5.74, 6) is 1.06. The Bertz CT molecular complexity index is 1130. The standard InChI is InChI=1S/C29H34N2OS/c1-19(2)21-13-11-20(12-14-21)18-30-28-26(27(32)31-23-9-7-6-8-10-23)24-16-15-22(29(3,4)5)17-25(24)33-28/h6-14,18-19,22H,15-17H2,1-5H3,(H,31,32)/t22-/m0/s1. The lowest BCUT2D eigenvalue weighted by atomic mass is 9.72. The van der Waals surface area contributed by atoms with Gasteiger partial charge in [-0.25, -0.2) is 4.99 Å². The van der Waals surface area contributed by atoms with Crippen molar-refractivity contribution in [1.82, 2.24) is 0 Å². The predicted octanol–water partition coefficient (Wildman–Crippen LogP) is 8.03. The van der Waals surface area contributed by atoms with Gasteiger partial charge in [-0.3, -0.25) is 4.79 Å². The number of amides is 1. The maximum atomic E-state index is 13.4. The van der Waals surface area contributed by atoms with Gasteiger partial charge in [0.15, 0.2) is 0 Å². The van der Waals surface area contributed by atoms with Gasteiger partial charge in [0.25, 0.3) is 5.91 Å².